The summed E-state index contributed by atoms with van der Waals surface area (Å²) in [5.74, 6) is -0.305. The number of pyridine rings is 1. The fourth-order valence-electron chi connectivity index (χ4n) is 3.16. The Bertz CT molecular complexity index is 881. The highest BCUT2D eigenvalue weighted by molar-refractivity contribution is 7.92. The molecule has 142 valence electrons. The molecule has 0 aromatic carbocycles. The van der Waals surface area contributed by atoms with E-state index < -0.39 is 21.8 Å². The molecular weight excluding hydrogens is 371 g/mol. The molecule has 0 saturated carbocycles. The minimum atomic E-state index is -4.49. The average Bonchev–Trinajstić information content (AvgIpc) is 3.00. The number of rotatable bonds is 4. The molecule has 2 N–H and O–H groups in total. The molecule has 11 heteroatoms. The molecule has 1 saturated heterocycles. The molecule has 26 heavy (non-hydrogen) atoms. The van der Waals surface area contributed by atoms with E-state index in [0.717, 1.165) is 12.3 Å². The Labute approximate surface area is 148 Å². The van der Waals surface area contributed by atoms with Crippen molar-refractivity contribution in [3.8, 4) is 0 Å². The summed E-state index contributed by atoms with van der Waals surface area (Å²) in [6.07, 6.45) is 0.577. The van der Waals surface area contributed by atoms with E-state index in [0.29, 0.717) is 30.8 Å². The predicted molar refractivity (Wildman–Crippen MR) is 90.5 cm³/mol. The van der Waals surface area contributed by atoms with Crippen LogP contribution in [0.3, 0.4) is 0 Å². The molecular formula is C15H18F3N5O2S. The van der Waals surface area contributed by atoms with Gasteiger partial charge in [-0.3, -0.25) is 9.82 Å². The van der Waals surface area contributed by atoms with E-state index in [9.17, 15) is 21.6 Å². The fourth-order valence-corrected chi connectivity index (χ4v) is 3.73. The van der Waals surface area contributed by atoms with Crippen LogP contribution in [0.4, 0.5) is 24.7 Å². The van der Waals surface area contributed by atoms with Gasteiger partial charge in [-0.25, -0.2) is 13.4 Å². The van der Waals surface area contributed by atoms with Crippen molar-refractivity contribution < 1.29 is 21.6 Å². The smallest absolute Gasteiger partial charge is 0.355 e. The van der Waals surface area contributed by atoms with Crippen LogP contribution in [0.1, 0.15) is 30.0 Å². The highest BCUT2D eigenvalue weighted by Crippen LogP contribution is 2.38. The van der Waals surface area contributed by atoms with Gasteiger partial charge in [0.1, 0.15) is 5.82 Å². The number of H-pyrrole nitrogens is 1. The normalized spacial score (nSPS) is 18.8. The fraction of sp³-hybridized carbons (Fsp3) is 0.467. The zero-order chi connectivity index (χ0) is 18.9. The Kier molecular flexibility index (Phi) is 4.82. The van der Waals surface area contributed by atoms with Gasteiger partial charge in [-0.2, -0.15) is 18.3 Å². The molecule has 0 radical (unpaired) electrons. The molecule has 1 unspecified atom stereocenters. The lowest BCUT2D eigenvalue weighted by Gasteiger charge is -2.34. The number of halogens is 3. The monoisotopic (exact) mass is 389 g/mol. The number of alkyl halides is 3. The number of sulfonamides is 1. The standard InChI is InChI=1S/C15H18F3N5O2S/c1-26(24,25)22-12-8-20-21-13(12)10-4-3-7-23(9-10)14-11(15(16,17)18)5-2-6-19-14/h2,5-6,8,10,22H,3-4,7,9H2,1H3,(H,20,21). The summed E-state index contributed by atoms with van der Waals surface area (Å²) in [6, 6.07) is 2.27. The SMILES string of the molecule is CS(=O)(=O)Nc1cn[nH]c1C1CCCN(c2ncccc2C(F)(F)F)C1. The van der Waals surface area contributed by atoms with Gasteiger partial charge in [0.15, 0.2) is 0 Å². The number of anilines is 2. The highest BCUT2D eigenvalue weighted by atomic mass is 32.2. The first-order valence-corrected chi connectivity index (χ1v) is 9.82. The van der Waals surface area contributed by atoms with E-state index >= 15 is 0 Å². The zero-order valence-electron chi connectivity index (χ0n) is 13.9. The lowest BCUT2D eigenvalue weighted by atomic mass is 9.94. The number of aromatic nitrogens is 3. The van der Waals surface area contributed by atoms with E-state index in [1.165, 1.54) is 18.5 Å². The first kappa shape index (κ1) is 18.5. The van der Waals surface area contributed by atoms with Crippen LogP contribution >= 0.6 is 0 Å². The first-order chi connectivity index (χ1) is 12.1. The summed E-state index contributed by atoms with van der Waals surface area (Å²) in [7, 11) is -3.48. The summed E-state index contributed by atoms with van der Waals surface area (Å²) in [5, 5.41) is 6.64. The number of nitrogens with zero attached hydrogens (tertiary/aromatic N) is 3. The van der Waals surface area contributed by atoms with Crippen molar-refractivity contribution >= 4 is 21.5 Å². The second-order valence-electron chi connectivity index (χ2n) is 6.23. The molecule has 7 nitrogen and oxygen atoms in total. The van der Waals surface area contributed by atoms with Gasteiger partial charge in [0, 0.05) is 25.2 Å². The highest BCUT2D eigenvalue weighted by Gasteiger charge is 2.37. The number of aromatic amines is 1. The molecule has 1 aliphatic heterocycles. The van der Waals surface area contributed by atoms with Crippen molar-refractivity contribution in [2.75, 3.05) is 29.0 Å². The van der Waals surface area contributed by atoms with E-state index in [4.69, 9.17) is 0 Å². The van der Waals surface area contributed by atoms with Crippen LogP contribution < -0.4 is 9.62 Å². The molecule has 1 aliphatic rings. The van der Waals surface area contributed by atoms with E-state index in [1.54, 1.807) is 4.90 Å². The van der Waals surface area contributed by atoms with Crippen LogP contribution in [0.2, 0.25) is 0 Å². The lowest BCUT2D eigenvalue weighted by molar-refractivity contribution is -0.137. The first-order valence-electron chi connectivity index (χ1n) is 7.93. The van der Waals surface area contributed by atoms with E-state index in [-0.39, 0.29) is 18.3 Å². The minimum absolute atomic E-state index is 0.109. The molecule has 2 aromatic heterocycles. The van der Waals surface area contributed by atoms with Gasteiger partial charge in [-0.15, -0.1) is 0 Å². The molecule has 0 amide bonds. The molecule has 1 fully saturated rings. The van der Waals surface area contributed by atoms with Crippen LogP contribution in [-0.2, 0) is 16.2 Å². The van der Waals surface area contributed by atoms with E-state index in [2.05, 4.69) is 19.9 Å². The number of nitrogens with one attached hydrogen (secondary N) is 2. The van der Waals surface area contributed by atoms with Crippen LogP contribution in [0.5, 0.6) is 0 Å². The van der Waals surface area contributed by atoms with Crippen molar-refractivity contribution in [2.45, 2.75) is 24.9 Å². The second-order valence-corrected chi connectivity index (χ2v) is 7.98. The maximum absolute atomic E-state index is 13.3. The molecule has 3 heterocycles. The molecule has 3 rings (SSSR count). The third kappa shape index (κ3) is 4.09. The third-order valence-electron chi connectivity index (χ3n) is 4.19. The zero-order valence-corrected chi connectivity index (χ0v) is 14.7. The topological polar surface area (TPSA) is 91.0 Å². The Morgan fingerprint density at radius 3 is 2.85 bits per heavy atom. The van der Waals surface area contributed by atoms with Crippen LogP contribution in [-0.4, -0.2) is 42.9 Å². The molecule has 2 aromatic rings. The number of hydrogen-bond donors (Lipinski definition) is 2. The van der Waals surface area contributed by atoms with Gasteiger partial charge in [0.05, 0.1) is 29.4 Å². The van der Waals surface area contributed by atoms with Gasteiger partial charge in [-0.1, -0.05) is 0 Å². The predicted octanol–water partition coefficient (Wildman–Crippen LogP) is 2.58. The van der Waals surface area contributed by atoms with Crippen molar-refractivity contribution in [3.05, 3.63) is 35.8 Å². The maximum atomic E-state index is 13.3. The van der Waals surface area contributed by atoms with Crippen LogP contribution in [0.25, 0.3) is 0 Å². The van der Waals surface area contributed by atoms with Crippen LogP contribution in [0.15, 0.2) is 24.5 Å². The minimum Gasteiger partial charge on any atom is -0.355 e. The molecule has 0 aliphatic carbocycles. The van der Waals surface area contributed by atoms with Gasteiger partial charge < -0.3 is 4.90 Å². The van der Waals surface area contributed by atoms with Crippen LogP contribution in [0, 0.1) is 0 Å². The Hall–Kier alpha value is -2.30. The summed E-state index contributed by atoms with van der Waals surface area (Å²) >= 11 is 0. The second kappa shape index (κ2) is 6.78. The van der Waals surface area contributed by atoms with Gasteiger partial charge in [-0.05, 0) is 25.0 Å². The Balaban J connectivity index is 1.87. The molecule has 0 spiro atoms. The van der Waals surface area contributed by atoms with Gasteiger partial charge >= 0.3 is 6.18 Å². The van der Waals surface area contributed by atoms with Gasteiger partial charge in [0.25, 0.3) is 0 Å². The summed E-state index contributed by atoms with van der Waals surface area (Å²) in [4.78, 5) is 5.52. The Morgan fingerprint density at radius 2 is 2.15 bits per heavy atom. The molecule has 1 atom stereocenters. The average molecular weight is 389 g/mol. The number of hydrogen-bond acceptors (Lipinski definition) is 5. The van der Waals surface area contributed by atoms with Crippen molar-refractivity contribution in [1.82, 2.24) is 15.2 Å². The largest absolute Gasteiger partial charge is 0.419 e. The van der Waals surface area contributed by atoms with E-state index in [1.807, 2.05) is 0 Å². The summed E-state index contributed by atoms with van der Waals surface area (Å²) in [6.45, 7) is 0.723. The maximum Gasteiger partial charge on any atom is 0.419 e. The molecule has 0 bridgehead atoms. The third-order valence-corrected chi connectivity index (χ3v) is 4.78. The van der Waals surface area contributed by atoms with Crippen molar-refractivity contribution in [3.63, 3.8) is 0 Å². The van der Waals surface area contributed by atoms with Gasteiger partial charge in [0.2, 0.25) is 10.0 Å². The quantitative estimate of drug-likeness (QED) is 0.839. The Morgan fingerprint density at radius 1 is 1.38 bits per heavy atom. The summed E-state index contributed by atoms with van der Waals surface area (Å²) in [5.41, 5.74) is 0.0979. The van der Waals surface area contributed by atoms with Crippen molar-refractivity contribution in [1.29, 1.82) is 0 Å². The van der Waals surface area contributed by atoms with Crippen molar-refractivity contribution in [2.24, 2.45) is 0 Å². The number of piperidine rings is 1. The summed E-state index contributed by atoms with van der Waals surface area (Å²) < 4.78 is 65.1. The lowest BCUT2D eigenvalue weighted by Crippen LogP contribution is -2.36.